The van der Waals surface area contributed by atoms with Crippen molar-refractivity contribution in [3.05, 3.63) is 18.2 Å². The van der Waals surface area contributed by atoms with Gasteiger partial charge in [0, 0.05) is 12.1 Å². The second-order valence-electron chi connectivity index (χ2n) is 8.02. The van der Waals surface area contributed by atoms with Crippen molar-refractivity contribution < 1.29 is 27.4 Å². The number of hydrogen-bond donors (Lipinski definition) is 0. The van der Waals surface area contributed by atoms with E-state index in [4.69, 9.17) is 14.2 Å². The Hall–Kier alpha value is -1.80. The number of sulfonamides is 1. The van der Waals surface area contributed by atoms with Crippen LogP contribution < -0.4 is 9.47 Å². The fourth-order valence-corrected chi connectivity index (χ4v) is 6.57. The fourth-order valence-electron chi connectivity index (χ4n) is 4.68. The van der Waals surface area contributed by atoms with Crippen molar-refractivity contribution in [2.24, 2.45) is 5.92 Å². The predicted molar refractivity (Wildman–Crippen MR) is 106 cm³/mol. The average Bonchev–Trinajstić information content (AvgIpc) is 3.14. The van der Waals surface area contributed by atoms with E-state index in [1.165, 1.54) is 10.4 Å². The fraction of sp³-hybridized carbons (Fsp3) is 0.667. The number of esters is 1. The topological polar surface area (TPSA) is 82.1 Å². The third kappa shape index (κ3) is 3.97. The highest BCUT2D eigenvalue weighted by molar-refractivity contribution is 7.89. The Morgan fingerprint density at radius 2 is 1.93 bits per heavy atom. The lowest BCUT2D eigenvalue weighted by atomic mass is 9.85. The van der Waals surface area contributed by atoms with Gasteiger partial charge in [-0.15, -0.1) is 0 Å². The summed E-state index contributed by atoms with van der Waals surface area (Å²) in [4.78, 5) is 12.9. The van der Waals surface area contributed by atoms with E-state index in [0.717, 1.165) is 38.5 Å². The van der Waals surface area contributed by atoms with E-state index < -0.39 is 22.0 Å². The molecule has 1 aromatic carbocycles. The summed E-state index contributed by atoms with van der Waals surface area (Å²) in [5.41, 5.74) is 0. The molecule has 2 aliphatic heterocycles. The summed E-state index contributed by atoms with van der Waals surface area (Å²) in [6.07, 6.45) is 6.04. The molecule has 3 aliphatic rings. The monoisotopic (exact) mass is 423 g/mol. The molecule has 0 radical (unpaired) electrons. The molecule has 2 heterocycles. The smallest absolute Gasteiger partial charge is 0.324 e. The van der Waals surface area contributed by atoms with Gasteiger partial charge in [0.25, 0.3) is 0 Å². The van der Waals surface area contributed by atoms with E-state index in [0.29, 0.717) is 37.7 Å². The molecule has 3 atom stereocenters. The van der Waals surface area contributed by atoms with Gasteiger partial charge in [-0.2, -0.15) is 4.31 Å². The van der Waals surface area contributed by atoms with Gasteiger partial charge < -0.3 is 14.2 Å². The normalized spacial score (nSPS) is 26.7. The quantitative estimate of drug-likeness (QED) is 0.516. The van der Waals surface area contributed by atoms with Crippen molar-refractivity contribution >= 4 is 16.0 Å². The maximum absolute atomic E-state index is 13.6. The van der Waals surface area contributed by atoms with Gasteiger partial charge >= 0.3 is 5.97 Å². The van der Waals surface area contributed by atoms with E-state index in [2.05, 4.69) is 0 Å². The van der Waals surface area contributed by atoms with Crippen LogP contribution in [0.2, 0.25) is 0 Å². The molecule has 0 amide bonds. The Bertz CT molecular complexity index is 855. The first-order valence-corrected chi connectivity index (χ1v) is 12.1. The molecule has 1 aromatic rings. The van der Waals surface area contributed by atoms with Gasteiger partial charge in [0.2, 0.25) is 10.0 Å². The summed E-state index contributed by atoms with van der Waals surface area (Å²) in [5.74, 6) is 0.759. The standard InChI is InChI=1S/C21H29NO6S/c1-2-3-10-28-21(23)18-13-15-6-4-5-7-17(15)22(18)29(24,25)16-8-9-19-20(14-16)27-12-11-26-19/h8-9,14-15,17-18H,2-7,10-13H2,1H3/t15-,17+,18-/m0/s1. The highest BCUT2D eigenvalue weighted by Gasteiger charge is 2.51. The Kier molecular flexibility index (Phi) is 6.01. The van der Waals surface area contributed by atoms with Crippen LogP contribution in [0.1, 0.15) is 51.9 Å². The molecule has 0 N–H and O–H groups in total. The van der Waals surface area contributed by atoms with E-state index in [1.54, 1.807) is 12.1 Å². The summed E-state index contributed by atoms with van der Waals surface area (Å²) in [6.45, 7) is 3.19. The van der Waals surface area contributed by atoms with Crippen molar-refractivity contribution in [2.75, 3.05) is 19.8 Å². The minimum Gasteiger partial charge on any atom is -0.486 e. The SMILES string of the molecule is CCCCOC(=O)[C@@H]1C[C@@H]2CCCC[C@H]2N1S(=O)(=O)c1ccc2c(c1)OCCO2. The number of ether oxygens (including phenoxy) is 3. The Balaban J connectivity index is 1.65. The first-order chi connectivity index (χ1) is 14.0. The number of carbonyl (C=O) groups is 1. The molecule has 7 nitrogen and oxygen atoms in total. The van der Waals surface area contributed by atoms with Crippen molar-refractivity contribution in [1.29, 1.82) is 0 Å². The number of rotatable bonds is 6. The summed E-state index contributed by atoms with van der Waals surface area (Å²) in [7, 11) is -3.87. The molecule has 0 unspecified atom stereocenters. The summed E-state index contributed by atoms with van der Waals surface area (Å²) in [6, 6.07) is 3.78. The molecular weight excluding hydrogens is 394 g/mol. The average molecular weight is 424 g/mol. The van der Waals surface area contributed by atoms with E-state index in [-0.39, 0.29) is 16.9 Å². The second-order valence-corrected chi connectivity index (χ2v) is 9.87. The van der Waals surface area contributed by atoms with Crippen LogP contribution in [-0.4, -0.2) is 50.6 Å². The minimum absolute atomic E-state index is 0.138. The highest BCUT2D eigenvalue weighted by atomic mass is 32.2. The number of unbranched alkanes of at least 4 members (excludes halogenated alkanes) is 1. The number of carbonyl (C=O) groups excluding carboxylic acids is 1. The van der Waals surface area contributed by atoms with Crippen LogP contribution in [0.3, 0.4) is 0 Å². The van der Waals surface area contributed by atoms with Crippen molar-refractivity contribution in [3.8, 4) is 11.5 Å². The van der Waals surface area contributed by atoms with E-state index in [1.807, 2.05) is 6.92 Å². The molecule has 1 saturated heterocycles. The maximum Gasteiger partial charge on any atom is 0.324 e. The van der Waals surface area contributed by atoms with Gasteiger partial charge in [-0.25, -0.2) is 8.42 Å². The van der Waals surface area contributed by atoms with Crippen LogP contribution in [-0.2, 0) is 19.6 Å². The Morgan fingerprint density at radius 1 is 1.17 bits per heavy atom. The zero-order valence-electron chi connectivity index (χ0n) is 16.8. The number of hydrogen-bond acceptors (Lipinski definition) is 6. The van der Waals surface area contributed by atoms with Crippen molar-refractivity contribution in [1.82, 2.24) is 4.31 Å². The van der Waals surface area contributed by atoms with Crippen LogP contribution in [0.25, 0.3) is 0 Å². The molecule has 160 valence electrons. The Labute approximate surface area is 172 Å². The number of fused-ring (bicyclic) bond motifs is 2. The zero-order valence-corrected chi connectivity index (χ0v) is 17.7. The zero-order chi connectivity index (χ0) is 20.4. The van der Waals surface area contributed by atoms with Crippen LogP contribution in [0, 0.1) is 5.92 Å². The van der Waals surface area contributed by atoms with Gasteiger partial charge in [-0.1, -0.05) is 26.2 Å². The maximum atomic E-state index is 13.6. The third-order valence-electron chi connectivity index (χ3n) is 6.13. The molecule has 4 rings (SSSR count). The van der Waals surface area contributed by atoms with Gasteiger partial charge in [0.15, 0.2) is 11.5 Å². The van der Waals surface area contributed by atoms with Crippen LogP contribution >= 0.6 is 0 Å². The molecule has 0 aromatic heterocycles. The molecule has 0 bridgehead atoms. The van der Waals surface area contributed by atoms with Crippen LogP contribution in [0.4, 0.5) is 0 Å². The lowest BCUT2D eigenvalue weighted by Crippen LogP contribution is -2.46. The van der Waals surface area contributed by atoms with Crippen molar-refractivity contribution in [3.63, 3.8) is 0 Å². The number of benzene rings is 1. The van der Waals surface area contributed by atoms with Gasteiger partial charge in [-0.3, -0.25) is 4.79 Å². The predicted octanol–water partition coefficient (Wildman–Crippen LogP) is 3.12. The highest BCUT2D eigenvalue weighted by Crippen LogP contribution is 2.44. The summed E-state index contributed by atoms with van der Waals surface area (Å²) >= 11 is 0. The first kappa shape index (κ1) is 20.5. The summed E-state index contributed by atoms with van der Waals surface area (Å²) in [5, 5.41) is 0. The molecular formula is C21H29NO6S. The number of nitrogens with zero attached hydrogens (tertiary/aromatic N) is 1. The Morgan fingerprint density at radius 3 is 2.72 bits per heavy atom. The molecule has 2 fully saturated rings. The lowest BCUT2D eigenvalue weighted by Gasteiger charge is -2.32. The lowest BCUT2D eigenvalue weighted by molar-refractivity contribution is -0.147. The molecule has 1 aliphatic carbocycles. The van der Waals surface area contributed by atoms with Gasteiger partial charge in [-0.05, 0) is 43.7 Å². The second kappa shape index (κ2) is 8.52. The van der Waals surface area contributed by atoms with E-state index >= 15 is 0 Å². The van der Waals surface area contributed by atoms with Crippen LogP contribution in [0.15, 0.2) is 23.1 Å². The third-order valence-corrected chi connectivity index (χ3v) is 8.06. The van der Waals surface area contributed by atoms with Gasteiger partial charge in [0.05, 0.1) is 11.5 Å². The van der Waals surface area contributed by atoms with Gasteiger partial charge in [0.1, 0.15) is 19.3 Å². The molecule has 29 heavy (non-hydrogen) atoms. The molecule has 0 spiro atoms. The van der Waals surface area contributed by atoms with Crippen molar-refractivity contribution in [2.45, 2.75) is 68.8 Å². The molecule has 1 saturated carbocycles. The molecule has 8 heteroatoms. The van der Waals surface area contributed by atoms with E-state index in [9.17, 15) is 13.2 Å². The first-order valence-electron chi connectivity index (χ1n) is 10.6. The summed E-state index contributed by atoms with van der Waals surface area (Å²) < 4.78 is 45.2. The minimum atomic E-state index is -3.87. The largest absolute Gasteiger partial charge is 0.486 e. The van der Waals surface area contributed by atoms with Crippen LogP contribution in [0.5, 0.6) is 11.5 Å².